The van der Waals surface area contributed by atoms with Crippen molar-refractivity contribution in [2.45, 2.75) is 30.6 Å². The summed E-state index contributed by atoms with van der Waals surface area (Å²) in [7, 11) is 1.38. The number of aliphatic hydroxyl groups is 3. The summed E-state index contributed by atoms with van der Waals surface area (Å²) in [5.74, 6) is -0.385. The number of amides is 1. The predicted octanol–water partition coefficient (Wildman–Crippen LogP) is -1.13. The van der Waals surface area contributed by atoms with E-state index in [2.05, 4.69) is 5.32 Å². The Morgan fingerprint density at radius 2 is 2.10 bits per heavy atom. The van der Waals surface area contributed by atoms with Crippen LogP contribution in [-0.2, 0) is 9.47 Å². The van der Waals surface area contributed by atoms with Gasteiger partial charge in [0.1, 0.15) is 24.4 Å². The molecule has 21 heavy (non-hydrogen) atoms. The second kappa shape index (κ2) is 6.97. The molecule has 5 atom stereocenters. The van der Waals surface area contributed by atoms with E-state index < -0.39 is 37.3 Å². The van der Waals surface area contributed by atoms with Crippen molar-refractivity contribution >= 4 is 5.91 Å². The average Bonchev–Trinajstić information content (AvgIpc) is 2.83. The lowest BCUT2D eigenvalue weighted by Gasteiger charge is -2.24. The van der Waals surface area contributed by atoms with Gasteiger partial charge in [-0.05, 0) is 12.1 Å². The Balaban J connectivity index is 2.09. The minimum absolute atomic E-state index is 0.385. The smallest absolute Gasteiger partial charge is 0.251 e. The molecule has 0 radical (unpaired) electrons. The lowest BCUT2D eigenvalue weighted by molar-refractivity contribution is -0.141. The molecule has 1 unspecified atom stereocenters. The van der Waals surface area contributed by atoms with Gasteiger partial charge in [0.25, 0.3) is 5.91 Å². The van der Waals surface area contributed by atoms with E-state index in [0.29, 0.717) is 5.56 Å². The van der Waals surface area contributed by atoms with E-state index in [1.54, 1.807) is 30.3 Å². The van der Waals surface area contributed by atoms with Gasteiger partial charge in [-0.1, -0.05) is 18.2 Å². The molecule has 1 heterocycles. The summed E-state index contributed by atoms with van der Waals surface area (Å²) in [5, 5.41) is 31.2. The first-order valence-electron chi connectivity index (χ1n) is 6.59. The van der Waals surface area contributed by atoms with E-state index >= 15 is 0 Å². The van der Waals surface area contributed by atoms with Crippen LogP contribution in [0.5, 0.6) is 0 Å². The number of hydrogen-bond acceptors (Lipinski definition) is 6. The fourth-order valence-electron chi connectivity index (χ4n) is 2.36. The van der Waals surface area contributed by atoms with Crippen molar-refractivity contribution in [2.75, 3.05) is 13.7 Å². The van der Waals surface area contributed by atoms with Crippen molar-refractivity contribution < 1.29 is 29.6 Å². The minimum Gasteiger partial charge on any atom is -0.394 e. The number of aliphatic hydroxyl groups excluding tert-OH is 3. The minimum atomic E-state index is -1.33. The monoisotopic (exact) mass is 297 g/mol. The topological polar surface area (TPSA) is 108 Å². The first kappa shape index (κ1) is 15.9. The van der Waals surface area contributed by atoms with Gasteiger partial charge < -0.3 is 30.1 Å². The van der Waals surface area contributed by atoms with Crippen molar-refractivity contribution in [1.29, 1.82) is 0 Å². The van der Waals surface area contributed by atoms with Crippen LogP contribution in [0.1, 0.15) is 10.4 Å². The number of hydrogen-bond donors (Lipinski definition) is 4. The molecule has 1 saturated heterocycles. The van der Waals surface area contributed by atoms with Gasteiger partial charge in [0.2, 0.25) is 0 Å². The summed E-state index contributed by atoms with van der Waals surface area (Å²) in [6.45, 7) is -0.531. The summed E-state index contributed by atoms with van der Waals surface area (Å²) in [4.78, 5) is 12.1. The molecule has 0 bridgehead atoms. The SMILES string of the molecule is CO[C@@H]1[C@@H](NC(=O)c2ccccc2)[C@H](O)O[C@@H]1C(O)CO. The van der Waals surface area contributed by atoms with Gasteiger partial charge in [-0.3, -0.25) is 4.79 Å². The van der Waals surface area contributed by atoms with Gasteiger partial charge in [0.05, 0.1) is 6.61 Å². The molecule has 116 valence electrons. The molecular formula is C14H19NO6. The van der Waals surface area contributed by atoms with Crippen molar-refractivity contribution in [1.82, 2.24) is 5.32 Å². The van der Waals surface area contributed by atoms with E-state index in [1.807, 2.05) is 0 Å². The third kappa shape index (κ3) is 3.39. The number of methoxy groups -OCH3 is 1. The van der Waals surface area contributed by atoms with Crippen LogP contribution in [0, 0.1) is 0 Å². The molecule has 1 aliphatic heterocycles. The van der Waals surface area contributed by atoms with Crippen LogP contribution in [0.15, 0.2) is 30.3 Å². The number of carbonyl (C=O) groups excluding carboxylic acids is 1. The fraction of sp³-hybridized carbons (Fsp3) is 0.500. The Kier molecular flexibility index (Phi) is 5.27. The molecule has 4 N–H and O–H groups in total. The van der Waals surface area contributed by atoms with Crippen LogP contribution in [0.2, 0.25) is 0 Å². The lowest BCUT2D eigenvalue weighted by atomic mass is 10.0. The highest BCUT2D eigenvalue weighted by molar-refractivity contribution is 5.94. The zero-order valence-electron chi connectivity index (χ0n) is 11.5. The Hall–Kier alpha value is -1.51. The second-order valence-electron chi connectivity index (χ2n) is 4.81. The summed E-state index contributed by atoms with van der Waals surface area (Å²) in [6.07, 6.45) is -4.22. The Morgan fingerprint density at radius 3 is 2.67 bits per heavy atom. The predicted molar refractivity (Wildman–Crippen MR) is 72.5 cm³/mol. The highest BCUT2D eigenvalue weighted by Gasteiger charge is 2.47. The van der Waals surface area contributed by atoms with Crippen LogP contribution in [0.3, 0.4) is 0 Å². The molecule has 0 aliphatic carbocycles. The third-order valence-corrected chi connectivity index (χ3v) is 3.45. The molecule has 1 aliphatic rings. The maximum atomic E-state index is 12.1. The van der Waals surface area contributed by atoms with E-state index in [1.165, 1.54) is 7.11 Å². The lowest BCUT2D eigenvalue weighted by Crippen LogP contribution is -2.50. The van der Waals surface area contributed by atoms with Gasteiger partial charge >= 0.3 is 0 Å². The molecular weight excluding hydrogens is 278 g/mol. The van der Waals surface area contributed by atoms with Crippen LogP contribution in [-0.4, -0.2) is 65.6 Å². The Labute approximate surface area is 122 Å². The Morgan fingerprint density at radius 1 is 1.43 bits per heavy atom. The van der Waals surface area contributed by atoms with Crippen LogP contribution >= 0.6 is 0 Å². The van der Waals surface area contributed by atoms with Crippen LogP contribution < -0.4 is 5.32 Å². The summed E-state index contributed by atoms with van der Waals surface area (Å²) in [5.41, 5.74) is 0.436. The van der Waals surface area contributed by atoms with Crippen LogP contribution in [0.4, 0.5) is 0 Å². The van der Waals surface area contributed by atoms with E-state index in [-0.39, 0.29) is 5.91 Å². The highest BCUT2D eigenvalue weighted by atomic mass is 16.6. The molecule has 0 aromatic heterocycles. The highest BCUT2D eigenvalue weighted by Crippen LogP contribution is 2.25. The average molecular weight is 297 g/mol. The number of rotatable bonds is 5. The standard InChI is InChI=1S/C14H19NO6/c1-20-12-10(14(19)21-11(12)9(17)7-16)15-13(18)8-5-3-2-4-6-8/h2-6,9-12,14,16-17,19H,7H2,1H3,(H,15,18)/t9?,10-,11-,12-,14-/m1/s1. The number of benzene rings is 1. The van der Waals surface area contributed by atoms with Crippen molar-refractivity contribution in [3.05, 3.63) is 35.9 Å². The zero-order chi connectivity index (χ0) is 15.4. The molecule has 1 aromatic carbocycles. The van der Waals surface area contributed by atoms with Gasteiger partial charge in [0.15, 0.2) is 6.29 Å². The van der Waals surface area contributed by atoms with Gasteiger partial charge in [-0.25, -0.2) is 0 Å². The second-order valence-corrected chi connectivity index (χ2v) is 4.81. The van der Waals surface area contributed by atoms with Crippen LogP contribution in [0.25, 0.3) is 0 Å². The molecule has 1 aromatic rings. The van der Waals surface area contributed by atoms with Crippen molar-refractivity contribution in [2.24, 2.45) is 0 Å². The van der Waals surface area contributed by atoms with E-state index in [0.717, 1.165) is 0 Å². The van der Waals surface area contributed by atoms with Gasteiger partial charge in [-0.2, -0.15) is 0 Å². The first-order chi connectivity index (χ1) is 10.1. The molecule has 1 amide bonds. The first-order valence-corrected chi connectivity index (χ1v) is 6.59. The van der Waals surface area contributed by atoms with Gasteiger partial charge in [0, 0.05) is 12.7 Å². The molecule has 1 fully saturated rings. The summed E-state index contributed by atoms with van der Waals surface area (Å²) >= 11 is 0. The normalized spacial score (nSPS) is 30.1. The molecule has 0 saturated carbocycles. The molecule has 7 nitrogen and oxygen atoms in total. The number of carbonyl (C=O) groups is 1. The quantitative estimate of drug-likeness (QED) is 0.548. The molecule has 7 heteroatoms. The maximum absolute atomic E-state index is 12.1. The summed E-state index contributed by atoms with van der Waals surface area (Å²) in [6, 6.07) is 7.67. The van der Waals surface area contributed by atoms with E-state index in [4.69, 9.17) is 14.6 Å². The Bertz CT molecular complexity index is 468. The van der Waals surface area contributed by atoms with Crippen molar-refractivity contribution in [3.63, 3.8) is 0 Å². The zero-order valence-corrected chi connectivity index (χ0v) is 11.5. The van der Waals surface area contributed by atoms with E-state index in [9.17, 15) is 15.0 Å². The summed E-state index contributed by atoms with van der Waals surface area (Å²) < 4.78 is 10.4. The molecule has 0 spiro atoms. The third-order valence-electron chi connectivity index (χ3n) is 3.45. The molecule has 2 rings (SSSR count). The number of ether oxygens (including phenoxy) is 2. The number of nitrogens with one attached hydrogen (secondary N) is 1. The maximum Gasteiger partial charge on any atom is 0.251 e. The largest absolute Gasteiger partial charge is 0.394 e. The van der Waals surface area contributed by atoms with Gasteiger partial charge in [-0.15, -0.1) is 0 Å². The fourth-order valence-corrected chi connectivity index (χ4v) is 2.36. The van der Waals surface area contributed by atoms with Crippen molar-refractivity contribution in [3.8, 4) is 0 Å².